The number of aromatic nitrogens is 2. The van der Waals surface area contributed by atoms with Gasteiger partial charge in [-0.05, 0) is 16.3 Å². The van der Waals surface area contributed by atoms with Crippen molar-refractivity contribution in [1.29, 1.82) is 0 Å². The number of ketones is 1. The number of carbonyl (C=O) groups excluding carboxylic acids is 1. The monoisotopic (exact) mass is 408 g/mol. The molecular weight excluding hydrogens is 392 g/mol. The molecule has 3 aromatic carbocycles. The molecule has 0 unspecified atom stereocenters. The van der Waals surface area contributed by atoms with Gasteiger partial charge in [0.25, 0.3) is 0 Å². The highest BCUT2D eigenvalue weighted by molar-refractivity contribution is 8.03. The summed E-state index contributed by atoms with van der Waals surface area (Å²) in [6.45, 7) is 0. The fourth-order valence-corrected chi connectivity index (χ4v) is 5.62. The fraction of sp³-hybridized carbons (Fsp3) is 0.0952. The van der Waals surface area contributed by atoms with E-state index in [-0.39, 0.29) is 5.78 Å². The minimum atomic E-state index is 0.112. The van der Waals surface area contributed by atoms with E-state index in [9.17, 15) is 4.79 Å². The van der Waals surface area contributed by atoms with Gasteiger partial charge in [-0.25, -0.2) is 0 Å². The molecule has 0 aliphatic rings. The van der Waals surface area contributed by atoms with Crippen LogP contribution in [0.25, 0.3) is 10.8 Å². The third kappa shape index (κ3) is 4.58. The SMILES string of the molecule is O=C(CSc1nnc(SCc2cccc3ccccc23)s1)c1ccccc1. The van der Waals surface area contributed by atoms with Gasteiger partial charge in [-0.2, -0.15) is 0 Å². The average Bonchev–Trinajstić information content (AvgIpc) is 3.19. The van der Waals surface area contributed by atoms with Crippen LogP contribution in [0.4, 0.5) is 0 Å². The van der Waals surface area contributed by atoms with E-state index >= 15 is 0 Å². The van der Waals surface area contributed by atoms with E-state index in [0.29, 0.717) is 5.75 Å². The van der Waals surface area contributed by atoms with E-state index in [1.54, 1.807) is 23.1 Å². The van der Waals surface area contributed by atoms with Gasteiger partial charge < -0.3 is 0 Å². The Morgan fingerprint density at radius 3 is 2.37 bits per heavy atom. The molecule has 4 aromatic rings. The van der Waals surface area contributed by atoms with Crippen molar-refractivity contribution < 1.29 is 4.79 Å². The molecule has 0 fully saturated rings. The van der Waals surface area contributed by atoms with E-state index in [2.05, 4.69) is 52.7 Å². The van der Waals surface area contributed by atoms with E-state index in [4.69, 9.17) is 0 Å². The Kier molecular flexibility index (Phi) is 5.87. The van der Waals surface area contributed by atoms with Crippen molar-refractivity contribution in [3.8, 4) is 0 Å². The first-order chi connectivity index (χ1) is 13.3. The first-order valence-electron chi connectivity index (χ1n) is 8.43. The van der Waals surface area contributed by atoms with E-state index in [0.717, 1.165) is 20.0 Å². The highest BCUT2D eigenvalue weighted by atomic mass is 32.2. The molecule has 1 heterocycles. The van der Waals surface area contributed by atoms with E-state index in [1.807, 2.05) is 30.3 Å². The van der Waals surface area contributed by atoms with Crippen LogP contribution in [0.5, 0.6) is 0 Å². The fourth-order valence-electron chi connectivity index (χ4n) is 2.71. The lowest BCUT2D eigenvalue weighted by Gasteiger charge is -2.04. The van der Waals surface area contributed by atoms with Crippen LogP contribution in [0.1, 0.15) is 15.9 Å². The van der Waals surface area contributed by atoms with Crippen LogP contribution >= 0.6 is 34.9 Å². The predicted molar refractivity (Wildman–Crippen MR) is 115 cm³/mol. The lowest BCUT2D eigenvalue weighted by Crippen LogP contribution is -2.01. The normalized spacial score (nSPS) is 11.0. The van der Waals surface area contributed by atoms with Gasteiger partial charge in [-0.1, -0.05) is 108 Å². The Hall–Kier alpha value is -2.15. The van der Waals surface area contributed by atoms with Gasteiger partial charge in [-0.15, -0.1) is 10.2 Å². The minimum absolute atomic E-state index is 0.112. The second-order valence-electron chi connectivity index (χ2n) is 5.84. The molecule has 4 rings (SSSR count). The average molecular weight is 409 g/mol. The van der Waals surface area contributed by atoms with Crippen LogP contribution in [0, 0.1) is 0 Å². The molecule has 0 saturated heterocycles. The first kappa shape index (κ1) is 18.2. The molecule has 134 valence electrons. The van der Waals surface area contributed by atoms with Crippen LogP contribution in [0.3, 0.4) is 0 Å². The molecule has 0 spiro atoms. The van der Waals surface area contributed by atoms with Crippen LogP contribution in [-0.4, -0.2) is 21.7 Å². The van der Waals surface area contributed by atoms with E-state index in [1.165, 1.54) is 28.1 Å². The van der Waals surface area contributed by atoms with Crippen LogP contribution < -0.4 is 0 Å². The molecular formula is C21H16N2OS3. The second kappa shape index (κ2) is 8.69. The zero-order valence-corrected chi connectivity index (χ0v) is 16.8. The van der Waals surface area contributed by atoms with Crippen molar-refractivity contribution in [1.82, 2.24) is 10.2 Å². The molecule has 0 N–H and O–H groups in total. The maximum absolute atomic E-state index is 12.2. The third-order valence-corrected chi connectivity index (χ3v) is 7.28. The molecule has 0 bridgehead atoms. The summed E-state index contributed by atoms with van der Waals surface area (Å²) < 4.78 is 1.76. The number of rotatable bonds is 7. The largest absolute Gasteiger partial charge is 0.293 e. The summed E-state index contributed by atoms with van der Waals surface area (Å²) in [6.07, 6.45) is 0. The van der Waals surface area contributed by atoms with Crippen LogP contribution in [0.15, 0.2) is 81.5 Å². The summed E-state index contributed by atoms with van der Waals surface area (Å²) in [4.78, 5) is 12.2. The summed E-state index contributed by atoms with van der Waals surface area (Å²) in [5, 5.41) is 11.0. The molecule has 0 saturated carbocycles. The molecule has 0 radical (unpaired) electrons. The van der Waals surface area contributed by atoms with Gasteiger partial charge in [0.2, 0.25) is 0 Å². The summed E-state index contributed by atoms with van der Waals surface area (Å²) in [7, 11) is 0. The number of thioether (sulfide) groups is 2. The molecule has 27 heavy (non-hydrogen) atoms. The summed E-state index contributed by atoms with van der Waals surface area (Å²) in [5.41, 5.74) is 2.03. The van der Waals surface area contributed by atoms with Gasteiger partial charge >= 0.3 is 0 Å². The number of fused-ring (bicyclic) bond motifs is 1. The van der Waals surface area contributed by atoms with Crippen molar-refractivity contribution in [2.45, 2.75) is 14.4 Å². The Morgan fingerprint density at radius 1 is 0.815 bits per heavy atom. The van der Waals surface area contributed by atoms with Crippen molar-refractivity contribution >= 4 is 51.4 Å². The highest BCUT2D eigenvalue weighted by Crippen LogP contribution is 2.32. The number of carbonyl (C=O) groups is 1. The molecule has 3 nitrogen and oxygen atoms in total. The smallest absolute Gasteiger partial charge is 0.175 e. The quantitative estimate of drug-likeness (QED) is 0.279. The van der Waals surface area contributed by atoms with E-state index < -0.39 is 0 Å². The van der Waals surface area contributed by atoms with Crippen LogP contribution in [-0.2, 0) is 5.75 Å². The molecule has 6 heteroatoms. The van der Waals surface area contributed by atoms with Gasteiger partial charge in [-0.3, -0.25) is 4.79 Å². The molecule has 1 aromatic heterocycles. The van der Waals surface area contributed by atoms with Crippen LogP contribution in [0.2, 0.25) is 0 Å². The standard InChI is InChI=1S/C21H16N2OS3/c24-19(16-8-2-1-3-9-16)14-26-21-23-22-20(27-21)25-13-17-11-6-10-15-7-4-5-12-18(15)17/h1-12H,13-14H2. The van der Waals surface area contributed by atoms with Crippen molar-refractivity contribution in [3.05, 3.63) is 83.9 Å². The zero-order valence-electron chi connectivity index (χ0n) is 14.4. The Bertz CT molecular complexity index is 1060. The van der Waals surface area contributed by atoms with Crippen molar-refractivity contribution in [2.75, 3.05) is 5.75 Å². The Balaban J connectivity index is 1.36. The van der Waals surface area contributed by atoms with Crippen molar-refractivity contribution in [3.63, 3.8) is 0 Å². The Labute approximate surface area is 170 Å². The Morgan fingerprint density at radius 2 is 1.52 bits per heavy atom. The number of hydrogen-bond acceptors (Lipinski definition) is 6. The van der Waals surface area contributed by atoms with Gasteiger partial charge in [0.1, 0.15) is 0 Å². The molecule has 0 amide bonds. The summed E-state index contributed by atoms with van der Waals surface area (Å²) in [5.74, 6) is 1.34. The highest BCUT2D eigenvalue weighted by Gasteiger charge is 2.11. The second-order valence-corrected chi connectivity index (χ2v) is 9.26. The third-order valence-electron chi connectivity index (χ3n) is 4.04. The molecule has 0 aliphatic heterocycles. The van der Waals surface area contributed by atoms with Gasteiger partial charge in [0.15, 0.2) is 14.5 Å². The molecule has 0 atom stereocenters. The lowest BCUT2D eigenvalue weighted by molar-refractivity contribution is 0.102. The first-order valence-corrected chi connectivity index (χ1v) is 11.2. The van der Waals surface area contributed by atoms with Gasteiger partial charge in [0.05, 0.1) is 5.75 Å². The molecule has 0 aliphatic carbocycles. The lowest BCUT2D eigenvalue weighted by atomic mass is 10.1. The maximum atomic E-state index is 12.2. The maximum Gasteiger partial charge on any atom is 0.175 e. The number of hydrogen-bond donors (Lipinski definition) is 0. The number of nitrogens with zero attached hydrogens (tertiary/aromatic N) is 2. The zero-order chi connectivity index (χ0) is 18.5. The van der Waals surface area contributed by atoms with Gasteiger partial charge in [0, 0.05) is 11.3 Å². The topological polar surface area (TPSA) is 42.9 Å². The predicted octanol–water partition coefficient (Wildman–Crippen LogP) is 5.96. The summed E-state index contributed by atoms with van der Waals surface area (Å²) in [6, 6.07) is 24.2. The number of Topliss-reactive ketones (excluding diaryl/α,β-unsaturated/α-hetero) is 1. The summed E-state index contributed by atoms with van der Waals surface area (Å²) >= 11 is 4.68. The number of benzene rings is 3. The van der Waals surface area contributed by atoms with Crippen molar-refractivity contribution in [2.24, 2.45) is 0 Å². The minimum Gasteiger partial charge on any atom is -0.293 e.